The van der Waals surface area contributed by atoms with Gasteiger partial charge >= 0.3 is 5.97 Å². The third-order valence-corrected chi connectivity index (χ3v) is 18.1. The highest BCUT2D eigenvalue weighted by molar-refractivity contribution is 5.76. The lowest BCUT2D eigenvalue weighted by molar-refractivity contribution is -0.143. The Morgan fingerprint density at radius 1 is 0.329 bits per heavy atom. The summed E-state index contributed by atoms with van der Waals surface area (Å²) in [4.78, 5) is 24.7. The van der Waals surface area contributed by atoms with Gasteiger partial charge in [-0.15, -0.1) is 0 Å². The monoisotopic (exact) mass is 1160 g/mol. The second kappa shape index (κ2) is 72.1. The number of amides is 1. The highest BCUT2D eigenvalue weighted by atomic mass is 16.5. The lowest BCUT2D eigenvalue weighted by Gasteiger charge is -2.22. The summed E-state index contributed by atoms with van der Waals surface area (Å²) in [6.45, 7) is 5.01. The van der Waals surface area contributed by atoms with Gasteiger partial charge in [0.25, 0.3) is 0 Å². The van der Waals surface area contributed by atoms with Crippen LogP contribution in [0.25, 0.3) is 0 Å². The Bertz CT molecular complexity index is 1240. The largest absolute Gasteiger partial charge is 0.466 e. The van der Waals surface area contributed by atoms with E-state index < -0.39 is 12.1 Å². The van der Waals surface area contributed by atoms with Crippen molar-refractivity contribution in [2.75, 3.05) is 13.2 Å². The number of ether oxygens (including phenoxy) is 1. The summed E-state index contributed by atoms with van der Waals surface area (Å²) in [6, 6.07) is -0.544. The zero-order chi connectivity index (χ0) is 59.2. The van der Waals surface area contributed by atoms with Gasteiger partial charge in [-0.2, -0.15) is 0 Å². The topological polar surface area (TPSA) is 95.9 Å². The summed E-state index contributed by atoms with van der Waals surface area (Å²) in [5.41, 5.74) is 0. The third-order valence-electron chi connectivity index (χ3n) is 18.1. The summed E-state index contributed by atoms with van der Waals surface area (Å²) < 4.78 is 5.52. The van der Waals surface area contributed by atoms with E-state index in [1.165, 1.54) is 366 Å². The van der Waals surface area contributed by atoms with Crippen LogP contribution in [0.2, 0.25) is 0 Å². The summed E-state index contributed by atoms with van der Waals surface area (Å²) in [7, 11) is 0. The molecule has 0 fully saturated rings. The standard InChI is InChI=1S/C76H149NO5/c1-3-5-7-9-11-13-15-17-19-21-23-29-33-36-40-44-48-52-56-60-64-68-74(79)73(72-78)77-75(80)69-65-61-57-53-49-45-41-37-34-30-27-25-24-26-28-31-35-39-43-47-51-55-59-63-67-71-82-76(81)70-66-62-58-54-50-46-42-38-32-22-20-18-16-14-12-10-8-6-4-2/h25,27,73-74,78-79H,3-24,26,28-72H2,1-2H3,(H,77,80)/b27-25-. The van der Waals surface area contributed by atoms with E-state index in [4.69, 9.17) is 4.74 Å². The molecule has 488 valence electrons. The average Bonchev–Trinajstić information content (AvgIpc) is 3.48. The lowest BCUT2D eigenvalue weighted by atomic mass is 10.0. The van der Waals surface area contributed by atoms with E-state index in [1.54, 1.807) is 0 Å². The van der Waals surface area contributed by atoms with E-state index >= 15 is 0 Å². The van der Waals surface area contributed by atoms with Gasteiger partial charge in [-0.25, -0.2) is 0 Å². The molecule has 2 atom stereocenters. The summed E-state index contributed by atoms with van der Waals surface area (Å²) in [5, 5.41) is 23.4. The SMILES string of the molecule is CCCCCCCCCCCCCCCCCCCCCCCC(O)C(CO)NC(=O)CCCCCCCCCCC/C=C\CCCCCCCCCCCCCCOC(=O)CCCCCCCCCCCCCCCCCCCCC. The van der Waals surface area contributed by atoms with Crippen molar-refractivity contribution in [1.82, 2.24) is 5.32 Å². The first kappa shape index (κ1) is 80.6. The highest BCUT2D eigenvalue weighted by Crippen LogP contribution is 2.20. The predicted octanol–water partition coefficient (Wildman–Crippen LogP) is 24.7. The average molecular weight is 1160 g/mol. The molecule has 2 unspecified atom stereocenters. The van der Waals surface area contributed by atoms with Gasteiger partial charge in [0.1, 0.15) is 0 Å². The molecule has 3 N–H and O–H groups in total. The van der Waals surface area contributed by atoms with Crippen LogP contribution in [0.3, 0.4) is 0 Å². The quantitative estimate of drug-likeness (QED) is 0.0320. The number of aliphatic hydroxyl groups excluding tert-OH is 2. The Kier molecular flexibility index (Phi) is 70.8. The molecule has 82 heavy (non-hydrogen) atoms. The zero-order valence-electron chi connectivity index (χ0n) is 56.0. The van der Waals surface area contributed by atoms with E-state index in [0.717, 1.165) is 38.5 Å². The van der Waals surface area contributed by atoms with Gasteiger partial charge in [0, 0.05) is 12.8 Å². The Morgan fingerprint density at radius 2 is 0.573 bits per heavy atom. The number of allylic oxidation sites excluding steroid dienone is 2. The number of rotatable bonds is 72. The minimum atomic E-state index is -0.667. The predicted molar refractivity (Wildman–Crippen MR) is 361 cm³/mol. The van der Waals surface area contributed by atoms with Crippen LogP contribution in [0.15, 0.2) is 12.2 Å². The molecule has 0 rings (SSSR count). The van der Waals surface area contributed by atoms with Crippen molar-refractivity contribution in [2.45, 2.75) is 450 Å². The highest BCUT2D eigenvalue weighted by Gasteiger charge is 2.20. The van der Waals surface area contributed by atoms with Crippen LogP contribution in [0.4, 0.5) is 0 Å². The van der Waals surface area contributed by atoms with Crippen molar-refractivity contribution >= 4 is 11.9 Å². The maximum Gasteiger partial charge on any atom is 0.305 e. The van der Waals surface area contributed by atoms with Crippen LogP contribution in [-0.2, 0) is 14.3 Å². The third kappa shape index (κ3) is 67.7. The zero-order valence-corrected chi connectivity index (χ0v) is 56.0. The molecule has 0 saturated carbocycles. The molecule has 0 aliphatic carbocycles. The fraction of sp³-hybridized carbons (Fsp3) is 0.947. The molecule has 0 aliphatic rings. The summed E-state index contributed by atoms with van der Waals surface area (Å²) >= 11 is 0. The van der Waals surface area contributed by atoms with Crippen molar-refractivity contribution in [2.24, 2.45) is 0 Å². The van der Waals surface area contributed by atoms with Gasteiger partial charge in [0.05, 0.1) is 25.4 Å². The minimum Gasteiger partial charge on any atom is -0.466 e. The molecule has 0 heterocycles. The molecule has 0 aliphatic heterocycles. The van der Waals surface area contributed by atoms with Crippen molar-refractivity contribution in [1.29, 1.82) is 0 Å². The van der Waals surface area contributed by atoms with Gasteiger partial charge in [-0.1, -0.05) is 386 Å². The Hall–Kier alpha value is -1.40. The van der Waals surface area contributed by atoms with Gasteiger partial charge in [0.15, 0.2) is 0 Å². The molecule has 6 nitrogen and oxygen atoms in total. The van der Waals surface area contributed by atoms with Crippen molar-refractivity contribution in [3.05, 3.63) is 12.2 Å². The number of esters is 1. The number of carbonyl (C=O) groups is 2. The molecule has 0 bridgehead atoms. The van der Waals surface area contributed by atoms with Crippen LogP contribution < -0.4 is 5.32 Å². The van der Waals surface area contributed by atoms with E-state index in [9.17, 15) is 19.8 Å². The van der Waals surface area contributed by atoms with Crippen LogP contribution in [0.1, 0.15) is 438 Å². The van der Waals surface area contributed by atoms with Crippen LogP contribution in [0.5, 0.6) is 0 Å². The second-order valence-electron chi connectivity index (χ2n) is 26.3. The first-order chi connectivity index (χ1) is 40.5. The molecule has 0 radical (unpaired) electrons. The van der Waals surface area contributed by atoms with E-state index in [2.05, 4.69) is 31.3 Å². The molecular weight excluding hydrogens is 1010 g/mol. The van der Waals surface area contributed by atoms with E-state index in [1.807, 2.05) is 0 Å². The molecule has 0 aromatic carbocycles. The van der Waals surface area contributed by atoms with Gasteiger partial charge in [0.2, 0.25) is 5.91 Å². The molecule has 0 aromatic rings. The molecule has 0 aromatic heterocycles. The van der Waals surface area contributed by atoms with E-state index in [0.29, 0.717) is 25.9 Å². The maximum atomic E-state index is 12.6. The maximum absolute atomic E-state index is 12.6. The number of hydrogen-bond acceptors (Lipinski definition) is 5. The van der Waals surface area contributed by atoms with Gasteiger partial charge < -0.3 is 20.3 Å². The fourth-order valence-electron chi connectivity index (χ4n) is 12.3. The van der Waals surface area contributed by atoms with Crippen molar-refractivity contribution in [3.63, 3.8) is 0 Å². The Morgan fingerprint density at radius 3 is 0.866 bits per heavy atom. The molecular formula is C76H149NO5. The van der Waals surface area contributed by atoms with Gasteiger partial charge in [-0.3, -0.25) is 9.59 Å². The van der Waals surface area contributed by atoms with Crippen LogP contribution in [0, 0.1) is 0 Å². The number of hydrogen-bond donors (Lipinski definition) is 3. The smallest absolute Gasteiger partial charge is 0.305 e. The fourth-order valence-corrected chi connectivity index (χ4v) is 12.3. The van der Waals surface area contributed by atoms with Crippen molar-refractivity contribution in [3.8, 4) is 0 Å². The minimum absolute atomic E-state index is 0.0197. The Labute approximate surface area is 514 Å². The molecule has 0 spiro atoms. The van der Waals surface area contributed by atoms with E-state index in [-0.39, 0.29) is 18.5 Å². The van der Waals surface area contributed by atoms with Crippen LogP contribution in [-0.4, -0.2) is 47.4 Å². The second-order valence-corrected chi connectivity index (χ2v) is 26.3. The Balaban J connectivity index is 3.37. The lowest BCUT2D eigenvalue weighted by Crippen LogP contribution is -2.45. The molecule has 6 heteroatoms. The summed E-state index contributed by atoms with van der Waals surface area (Å²) in [5.74, 6) is -0.0131. The number of nitrogens with one attached hydrogen (secondary N) is 1. The first-order valence-corrected chi connectivity index (χ1v) is 37.9. The molecule has 0 saturated heterocycles. The number of unbranched alkanes of at least 4 members (excludes halogenated alkanes) is 59. The number of carbonyl (C=O) groups excluding carboxylic acids is 2. The first-order valence-electron chi connectivity index (χ1n) is 37.9. The normalized spacial score (nSPS) is 12.5. The van der Waals surface area contributed by atoms with Crippen LogP contribution >= 0.6 is 0 Å². The number of aliphatic hydroxyl groups is 2. The van der Waals surface area contributed by atoms with Crippen molar-refractivity contribution < 1.29 is 24.5 Å². The van der Waals surface area contributed by atoms with Gasteiger partial charge in [-0.05, 0) is 51.4 Å². The summed E-state index contributed by atoms with van der Waals surface area (Å²) in [6.07, 6.45) is 89.9. The molecule has 1 amide bonds.